The fourth-order valence-corrected chi connectivity index (χ4v) is 2.10. The fourth-order valence-electron chi connectivity index (χ4n) is 2.10. The van der Waals surface area contributed by atoms with Gasteiger partial charge >= 0.3 is 12.4 Å². The molecule has 0 aliphatic carbocycles. The third kappa shape index (κ3) is 4.19. The Morgan fingerprint density at radius 2 is 1.54 bits per heavy atom. The zero-order chi connectivity index (χ0) is 19.7. The van der Waals surface area contributed by atoms with Crippen molar-refractivity contribution < 1.29 is 41.0 Å². The Hall–Kier alpha value is -2.91. The number of hydrogen-bond donors (Lipinski definition) is 2. The average Bonchev–Trinajstić information content (AvgIpc) is 2.53. The lowest BCUT2D eigenvalue weighted by Crippen LogP contribution is -2.16. The van der Waals surface area contributed by atoms with Crippen LogP contribution in [0.5, 0.6) is 11.5 Å². The van der Waals surface area contributed by atoms with Gasteiger partial charge in [0, 0.05) is 5.69 Å². The van der Waals surface area contributed by atoms with E-state index in [-0.39, 0.29) is 17.4 Å². The van der Waals surface area contributed by atoms with Crippen molar-refractivity contribution in [1.82, 2.24) is 0 Å². The van der Waals surface area contributed by atoms with E-state index in [9.17, 15) is 36.2 Å². The van der Waals surface area contributed by atoms with Crippen LogP contribution in [0.25, 0.3) is 0 Å². The van der Waals surface area contributed by atoms with Crippen molar-refractivity contribution in [2.75, 3.05) is 12.4 Å². The van der Waals surface area contributed by atoms with Crippen LogP contribution in [0, 0.1) is 0 Å². The number of phenols is 1. The minimum Gasteiger partial charge on any atom is -0.504 e. The number of halogens is 6. The zero-order valence-corrected chi connectivity index (χ0v) is 13.0. The molecule has 2 aromatic carbocycles. The van der Waals surface area contributed by atoms with Crippen LogP contribution in [0.4, 0.5) is 32.0 Å². The molecule has 0 atom stereocenters. The maximum atomic E-state index is 12.8. The molecule has 0 heterocycles. The number of carbonyl (C=O) groups is 1. The summed E-state index contributed by atoms with van der Waals surface area (Å²) in [7, 11) is 1.21. The van der Waals surface area contributed by atoms with Gasteiger partial charge in [0.25, 0.3) is 5.91 Å². The highest BCUT2D eigenvalue weighted by molar-refractivity contribution is 6.06. The van der Waals surface area contributed by atoms with Crippen LogP contribution in [0.1, 0.15) is 21.5 Å². The number of para-hydroxylation sites is 1. The smallest absolute Gasteiger partial charge is 0.416 e. The van der Waals surface area contributed by atoms with E-state index in [1.165, 1.54) is 19.2 Å². The number of ether oxygens (including phenoxy) is 1. The van der Waals surface area contributed by atoms with Crippen LogP contribution in [0.3, 0.4) is 0 Å². The SMILES string of the molecule is COc1cccc(C(=O)Nc2cc(C(F)(F)F)cc(C(F)(F)F)c2)c1O. The summed E-state index contributed by atoms with van der Waals surface area (Å²) >= 11 is 0. The molecule has 0 radical (unpaired) electrons. The summed E-state index contributed by atoms with van der Waals surface area (Å²) in [5, 5.41) is 11.8. The van der Waals surface area contributed by atoms with E-state index in [0.29, 0.717) is 12.1 Å². The molecule has 0 saturated carbocycles. The van der Waals surface area contributed by atoms with Gasteiger partial charge in [0.2, 0.25) is 0 Å². The largest absolute Gasteiger partial charge is 0.504 e. The minimum atomic E-state index is -5.04. The number of anilines is 1. The summed E-state index contributed by atoms with van der Waals surface area (Å²) in [5.41, 5.74) is -4.25. The Kier molecular flexibility index (Phi) is 5.06. The second-order valence-corrected chi connectivity index (χ2v) is 5.11. The normalized spacial score (nSPS) is 12.0. The van der Waals surface area contributed by atoms with Crippen LogP contribution >= 0.6 is 0 Å². The van der Waals surface area contributed by atoms with Crippen molar-refractivity contribution in [3.05, 3.63) is 53.1 Å². The van der Waals surface area contributed by atoms with Gasteiger partial charge in [-0.3, -0.25) is 4.79 Å². The van der Waals surface area contributed by atoms with E-state index in [4.69, 9.17) is 4.74 Å². The Bertz CT molecular complexity index is 797. The van der Waals surface area contributed by atoms with Gasteiger partial charge in [0.05, 0.1) is 23.8 Å². The van der Waals surface area contributed by atoms with E-state index in [1.807, 2.05) is 5.32 Å². The first-order chi connectivity index (χ1) is 11.9. The van der Waals surface area contributed by atoms with Gasteiger partial charge in [-0.25, -0.2) is 0 Å². The number of aromatic hydroxyl groups is 1. The van der Waals surface area contributed by atoms with Crippen molar-refractivity contribution in [3.8, 4) is 11.5 Å². The molecule has 0 bridgehead atoms. The summed E-state index contributed by atoms with van der Waals surface area (Å²) < 4.78 is 81.7. The maximum Gasteiger partial charge on any atom is 0.416 e. The Balaban J connectivity index is 2.44. The van der Waals surface area contributed by atoms with Crippen LogP contribution in [-0.4, -0.2) is 18.1 Å². The molecule has 0 spiro atoms. The number of amides is 1. The molecule has 0 fully saturated rings. The summed E-state index contributed by atoms with van der Waals surface area (Å²) in [6.07, 6.45) is -10.1. The summed E-state index contributed by atoms with van der Waals surface area (Å²) in [6.45, 7) is 0. The Labute approximate surface area is 143 Å². The van der Waals surface area contributed by atoms with Crippen molar-refractivity contribution in [3.63, 3.8) is 0 Å². The van der Waals surface area contributed by atoms with E-state index >= 15 is 0 Å². The monoisotopic (exact) mass is 379 g/mol. The van der Waals surface area contributed by atoms with Crippen LogP contribution in [0.15, 0.2) is 36.4 Å². The first-order valence-corrected chi connectivity index (χ1v) is 6.90. The average molecular weight is 379 g/mol. The third-order valence-corrected chi connectivity index (χ3v) is 3.31. The van der Waals surface area contributed by atoms with E-state index < -0.39 is 40.8 Å². The van der Waals surface area contributed by atoms with Crippen molar-refractivity contribution in [1.29, 1.82) is 0 Å². The van der Waals surface area contributed by atoms with Crippen LogP contribution in [0.2, 0.25) is 0 Å². The molecule has 10 heteroatoms. The lowest BCUT2D eigenvalue weighted by molar-refractivity contribution is -0.143. The fraction of sp³-hybridized carbons (Fsp3) is 0.188. The zero-order valence-electron chi connectivity index (χ0n) is 13.0. The molecule has 0 aliphatic heterocycles. The molecular formula is C16H11F6NO3. The number of methoxy groups -OCH3 is 1. The van der Waals surface area contributed by atoms with Gasteiger partial charge in [0.15, 0.2) is 11.5 Å². The highest BCUT2D eigenvalue weighted by Crippen LogP contribution is 2.38. The molecule has 0 aromatic heterocycles. The minimum absolute atomic E-state index is 0.0569. The van der Waals surface area contributed by atoms with Gasteiger partial charge in [-0.15, -0.1) is 0 Å². The second kappa shape index (κ2) is 6.77. The maximum absolute atomic E-state index is 12.8. The van der Waals surface area contributed by atoms with E-state index in [2.05, 4.69) is 0 Å². The standard InChI is InChI=1S/C16H11F6NO3/c1-26-12-4-2-3-11(13(12)24)14(25)23-10-6-8(15(17,18)19)5-9(7-10)16(20,21)22/h2-7,24H,1H3,(H,23,25). The number of carbonyl (C=O) groups excluding carboxylic acids is 1. The molecule has 0 saturated heterocycles. The predicted molar refractivity (Wildman–Crippen MR) is 79.1 cm³/mol. The summed E-state index contributed by atoms with van der Waals surface area (Å²) in [4.78, 5) is 12.1. The van der Waals surface area contributed by atoms with Crippen molar-refractivity contribution in [2.45, 2.75) is 12.4 Å². The quantitative estimate of drug-likeness (QED) is 0.761. The molecule has 2 N–H and O–H groups in total. The topological polar surface area (TPSA) is 58.6 Å². The Morgan fingerprint density at radius 1 is 1.00 bits per heavy atom. The first-order valence-electron chi connectivity index (χ1n) is 6.90. The molecule has 140 valence electrons. The molecule has 26 heavy (non-hydrogen) atoms. The number of hydrogen-bond acceptors (Lipinski definition) is 3. The van der Waals surface area contributed by atoms with Crippen molar-refractivity contribution in [2.24, 2.45) is 0 Å². The highest BCUT2D eigenvalue weighted by Gasteiger charge is 2.37. The van der Waals surface area contributed by atoms with E-state index in [1.54, 1.807) is 0 Å². The summed E-state index contributed by atoms with van der Waals surface area (Å²) in [6, 6.07) is 4.44. The first kappa shape index (κ1) is 19.4. The van der Waals surface area contributed by atoms with Gasteiger partial charge in [-0.2, -0.15) is 26.3 Å². The van der Waals surface area contributed by atoms with Gasteiger partial charge in [0.1, 0.15) is 0 Å². The van der Waals surface area contributed by atoms with E-state index in [0.717, 1.165) is 6.07 Å². The molecular weight excluding hydrogens is 368 g/mol. The molecule has 2 rings (SSSR count). The Morgan fingerprint density at radius 3 is 2.00 bits per heavy atom. The lowest BCUT2D eigenvalue weighted by atomic mass is 10.1. The molecule has 1 amide bonds. The number of rotatable bonds is 3. The highest BCUT2D eigenvalue weighted by atomic mass is 19.4. The number of phenolic OH excluding ortho intramolecular Hbond substituents is 1. The molecule has 4 nitrogen and oxygen atoms in total. The van der Waals surface area contributed by atoms with Gasteiger partial charge in [-0.1, -0.05) is 6.07 Å². The van der Waals surface area contributed by atoms with Crippen LogP contribution < -0.4 is 10.1 Å². The van der Waals surface area contributed by atoms with Crippen LogP contribution in [-0.2, 0) is 12.4 Å². The second-order valence-electron chi connectivity index (χ2n) is 5.11. The predicted octanol–water partition coefficient (Wildman–Crippen LogP) is 4.69. The molecule has 0 aliphatic rings. The van der Waals surface area contributed by atoms with Gasteiger partial charge < -0.3 is 15.2 Å². The molecule has 2 aromatic rings. The number of benzene rings is 2. The van der Waals surface area contributed by atoms with Gasteiger partial charge in [-0.05, 0) is 30.3 Å². The number of nitrogens with one attached hydrogen (secondary N) is 1. The number of alkyl halides is 6. The third-order valence-electron chi connectivity index (χ3n) is 3.31. The van der Waals surface area contributed by atoms with Crippen molar-refractivity contribution >= 4 is 11.6 Å². The lowest BCUT2D eigenvalue weighted by Gasteiger charge is -2.15. The molecule has 0 unspecified atom stereocenters. The summed E-state index contributed by atoms with van der Waals surface area (Å²) in [5.74, 6) is -1.79.